The van der Waals surface area contributed by atoms with Crippen LogP contribution >= 0.6 is 0 Å². The Labute approximate surface area is 112 Å². The van der Waals surface area contributed by atoms with E-state index in [4.69, 9.17) is 0 Å². The third-order valence-electron chi connectivity index (χ3n) is 2.34. The molecule has 0 fully saturated rings. The Morgan fingerprint density at radius 2 is 2.00 bits per heavy atom. The molecule has 1 heterocycles. The molecule has 5 nitrogen and oxygen atoms in total. The van der Waals surface area contributed by atoms with Crippen molar-refractivity contribution in [2.75, 3.05) is 0 Å². The van der Waals surface area contributed by atoms with Crippen LogP contribution in [0.5, 0.6) is 5.75 Å². The lowest BCUT2D eigenvalue weighted by molar-refractivity contribution is -0.274. The minimum Gasteiger partial charge on any atom is -0.406 e. The van der Waals surface area contributed by atoms with Crippen molar-refractivity contribution in [1.82, 2.24) is 14.9 Å². The second-order valence-electron chi connectivity index (χ2n) is 3.82. The van der Waals surface area contributed by atoms with E-state index >= 15 is 0 Å². The van der Waals surface area contributed by atoms with Gasteiger partial charge in [0, 0.05) is 18.9 Å². The fraction of sp³-hybridized carbons (Fsp3) is 0.167. The molecular formula is C12H10F3N3O2. The van der Waals surface area contributed by atoms with Crippen LogP contribution in [0.2, 0.25) is 0 Å². The van der Waals surface area contributed by atoms with Gasteiger partial charge in [-0.3, -0.25) is 4.57 Å². The molecule has 0 atom stereocenters. The molecule has 0 aliphatic carbocycles. The van der Waals surface area contributed by atoms with E-state index in [1.165, 1.54) is 47.6 Å². The highest BCUT2D eigenvalue weighted by molar-refractivity contribution is 5.76. The summed E-state index contributed by atoms with van der Waals surface area (Å²) in [6, 6.07) is 4.88. The van der Waals surface area contributed by atoms with Crippen molar-refractivity contribution in [2.45, 2.75) is 12.9 Å². The second kappa shape index (κ2) is 5.64. The Balaban J connectivity index is 1.89. The summed E-state index contributed by atoms with van der Waals surface area (Å²) >= 11 is 0. The lowest BCUT2D eigenvalue weighted by Gasteiger charge is -2.09. The van der Waals surface area contributed by atoms with Crippen LogP contribution < -0.4 is 10.1 Å². The van der Waals surface area contributed by atoms with Crippen molar-refractivity contribution in [1.29, 1.82) is 0 Å². The van der Waals surface area contributed by atoms with Crippen LogP contribution in [0.25, 0.3) is 0 Å². The first-order valence-corrected chi connectivity index (χ1v) is 5.55. The normalized spacial score (nSPS) is 11.2. The molecule has 1 aromatic carbocycles. The summed E-state index contributed by atoms with van der Waals surface area (Å²) in [5.74, 6) is -0.304. The summed E-state index contributed by atoms with van der Waals surface area (Å²) in [5, 5.41) is 2.59. The van der Waals surface area contributed by atoms with E-state index in [9.17, 15) is 18.0 Å². The second-order valence-corrected chi connectivity index (χ2v) is 3.82. The standard InChI is InChI=1S/C12H10F3N3O2/c13-12(14,15)20-10-3-1-9(2-4-10)7-17-11(19)18-6-5-16-8-18/h1-6,8H,7H2,(H,17,19). The summed E-state index contributed by atoms with van der Waals surface area (Å²) in [4.78, 5) is 15.3. The number of imidazole rings is 1. The predicted octanol–water partition coefficient (Wildman–Crippen LogP) is 2.54. The number of nitrogens with one attached hydrogen (secondary N) is 1. The van der Waals surface area contributed by atoms with E-state index in [1.807, 2.05) is 0 Å². The van der Waals surface area contributed by atoms with Crippen LogP contribution in [-0.2, 0) is 6.54 Å². The van der Waals surface area contributed by atoms with Crippen molar-refractivity contribution in [3.8, 4) is 5.75 Å². The summed E-state index contributed by atoms with van der Waals surface area (Å²) in [6.45, 7) is 0.184. The molecule has 20 heavy (non-hydrogen) atoms. The molecule has 0 aliphatic rings. The van der Waals surface area contributed by atoms with Crippen LogP contribution in [0.15, 0.2) is 43.0 Å². The lowest BCUT2D eigenvalue weighted by atomic mass is 10.2. The van der Waals surface area contributed by atoms with Crippen molar-refractivity contribution in [2.24, 2.45) is 0 Å². The lowest BCUT2D eigenvalue weighted by Crippen LogP contribution is -2.27. The van der Waals surface area contributed by atoms with Gasteiger partial charge >= 0.3 is 12.4 Å². The fourth-order valence-corrected chi connectivity index (χ4v) is 1.46. The first-order valence-electron chi connectivity index (χ1n) is 5.55. The van der Waals surface area contributed by atoms with Gasteiger partial charge in [0.05, 0.1) is 0 Å². The van der Waals surface area contributed by atoms with Gasteiger partial charge in [0.15, 0.2) is 0 Å². The molecular weight excluding hydrogens is 275 g/mol. The van der Waals surface area contributed by atoms with E-state index in [-0.39, 0.29) is 18.3 Å². The average Bonchev–Trinajstić information content (AvgIpc) is 2.89. The van der Waals surface area contributed by atoms with E-state index < -0.39 is 6.36 Å². The summed E-state index contributed by atoms with van der Waals surface area (Å²) in [5.41, 5.74) is 0.646. The van der Waals surface area contributed by atoms with Gasteiger partial charge < -0.3 is 10.1 Å². The highest BCUT2D eigenvalue weighted by atomic mass is 19.4. The molecule has 1 aromatic heterocycles. The number of carbonyl (C=O) groups is 1. The molecule has 0 unspecified atom stereocenters. The molecule has 2 rings (SSSR count). The van der Waals surface area contributed by atoms with Gasteiger partial charge in [-0.1, -0.05) is 12.1 Å². The predicted molar refractivity (Wildman–Crippen MR) is 63.0 cm³/mol. The van der Waals surface area contributed by atoms with E-state index in [0.29, 0.717) is 5.56 Å². The van der Waals surface area contributed by atoms with Crippen LogP contribution in [0, 0.1) is 0 Å². The van der Waals surface area contributed by atoms with Gasteiger partial charge in [0.2, 0.25) is 0 Å². The van der Waals surface area contributed by atoms with E-state index in [1.54, 1.807) is 0 Å². The highest BCUT2D eigenvalue weighted by Gasteiger charge is 2.30. The smallest absolute Gasteiger partial charge is 0.406 e. The average molecular weight is 285 g/mol. The van der Waals surface area contributed by atoms with Crippen LogP contribution in [0.1, 0.15) is 5.56 Å². The SMILES string of the molecule is O=C(NCc1ccc(OC(F)(F)F)cc1)n1ccnc1. The first-order chi connectivity index (χ1) is 9.44. The molecule has 106 valence electrons. The zero-order valence-electron chi connectivity index (χ0n) is 10.1. The van der Waals surface area contributed by atoms with Gasteiger partial charge in [-0.05, 0) is 17.7 Å². The quantitative estimate of drug-likeness (QED) is 0.942. The molecule has 0 radical (unpaired) electrons. The third-order valence-corrected chi connectivity index (χ3v) is 2.34. The zero-order valence-corrected chi connectivity index (χ0v) is 10.1. The number of hydrogen-bond donors (Lipinski definition) is 1. The molecule has 0 saturated carbocycles. The fourth-order valence-electron chi connectivity index (χ4n) is 1.46. The maximum Gasteiger partial charge on any atom is 0.573 e. The minimum absolute atomic E-state index is 0.184. The van der Waals surface area contributed by atoms with Gasteiger partial charge in [-0.15, -0.1) is 13.2 Å². The maximum atomic E-state index is 12.0. The molecule has 0 aliphatic heterocycles. The Morgan fingerprint density at radius 3 is 2.55 bits per heavy atom. The Hall–Kier alpha value is -2.51. The maximum absolute atomic E-state index is 12.0. The number of rotatable bonds is 3. The van der Waals surface area contributed by atoms with Crippen molar-refractivity contribution < 1.29 is 22.7 Å². The Bertz CT molecular complexity index is 565. The number of halogens is 3. The van der Waals surface area contributed by atoms with Crippen LogP contribution in [0.3, 0.4) is 0 Å². The number of nitrogens with zero attached hydrogens (tertiary/aromatic N) is 2. The number of alkyl halides is 3. The molecule has 1 amide bonds. The Kier molecular flexibility index (Phi) is 3.92. The number of carbonyl (C=O) groups excluding carboxylic acids is 1. The van der Waals surface area contributed by atoms with Crippen LogP contribution in [-0.4, -0.2) is 21.9 Å². The van der Waals surface area contributed by atoms with Gasteiger partial charge in [-0.2, -0.15) is 0 Å². The van der Waals surface area contributed by atoms with E-state index in [2.05, 4.69) is 15.0 Å². The number of hydrogen-bond acceptors (Lipinski definition) is 3. The van der Waals surface area contributed by atoms with Gasteiger partial charge in [-0.25, -0.2) is 9.78 Å². The van der Waals surface area contributed by atoms with Crippen molar-refractivity contribution >= 4 is 6.03 Å². The van der Waals surface area contributed by atoms with Crippen molar-refractivity contribution in [3.63, 3.8) is 0 Å². The minimum atomic E-state index is -4.71. The number of benzene rings is 1. The van der Waals surface area contributed by atoms with Gasteiger partial charge in [0.25, 0.3) is 0 Å². The number of ether oxygens (including phenoxy) is 1. The largest absolute Gasteiger partial charge is 0.573 e. The molecule has 0 bridgehead atoms. The van der Waals surface area contributed by atoms with Crippen molar-refractivity contribution in [3.05, 3.63) is 48.5 Å². The number of amides is 1. The summed E-state index contributed by atoms with van der Waals surface area (Å²) < 4.78 is 40.9. The van der Waals surface area contributed by atoms with Crippen LogP contribution in [0.4, 0.5) is 18.0 Å². The molecule has 1 N–H and O–H groups in total. The first kappa shape index (κ1) is 13.9. The monoisotopic (exact) mass is 285 g/mol. The molecule has 0 saturated heterocycles. The zero-order chi connectivity index (χ0) is 14.6. The molecule has 0 spiro atoms. The van der Waals surface area contributed by atoms with Gasteiger partial charge in [0.1, 0.15) is 12.1 Å². The third kappa shape index (κ3) is 4.01. The van der Waals surface area contributed by atoms with E-state index in [0.717, 1.165) is 0 Å². The highest BCUT2D eigenvalue weighted by Crippen LogP contribution is 2.22. The summed E-state index contributed by atoms with van der Waals surface area (Å²) in [7, 11) is 0. The molecule has 2 aromatic rings. The topological polar surface area (TPSA) is 56.1 Å². The molecule has 8 heteroatoms. The Morgan fingerprint density at radius 1 is 1.30 bits per heavy atom. The number of aromatic nitrogens is 2. The summed E-state index contributed by atoms with van der Waals surface area (Å²) in [6.07, 6.45) is -0.425.